The molecule has 0 nitrogen and oxygen atoms in total. The van der Waals surface area contributed by atoms with Gasteiger partial charge in [0.15, 0.2) is 0 Å². The van der Waals surface area contributed by atoms with Crippen molar-refractivity contribution in [1.82, 2.24) is 0 Å². The van der Waals surface area contributed by atoms with Gasteiger partial charge in [-0.2, -0.15) is 0 Å². The second-order valence-electron chi connectivity index (χ2n) is 6.43. The van der Waals surface area contributed by atoms with Crippen molar-refractivity contribution in [2.45, 2.75) is 40.0 Å². The van der Waals surface area contributed by atoms with Gasteiger partial charge in [-0.3, -0.25) is 0 Å². The van der Waals surface area contributed by atoms with E-state index in [0.717, 1.165) is 0 Å². The summed E-state index contributed by atoms with van der Waals surface area (Å²) in [6, 6.07) is 8.86. The van der Waals surface area contributed by atoms with Gasteiger partial charge < -0.3 is 0 Å². The maximum absolute atomic E-state index is 2.29. The molecule has 0 aliphatic carbocycles. The molecule has 1 aromatic carbocycles. The molecule has 2 aromatic heterocycles. The molecule has 20 heavy (non-hydrogen) atoms. The third-order valence-corrected chi connectivity index (χ3v) is 6.59. The Hall–Kier alpha value is -1.12. The van der Waals surface area contributed by atoms with Crippen molar-refractivity contribution in [3.8, 4) is 10.4 Å². The number of hydrogen-bond donors (Lipinski definition) is 0. The van der Waals surface area contributed by atoms with Crippen LogP contribution in [0.2, 0.25) is 0 Å². The first-order valence-electron chi connectivity index (χ1n) is 6.96. The van der Waals surface area contributed by atoms with Gasteiger partial charge in [0.2, 0.25) is 0 Å². The molecule has 0 saturated carbocycles. The molecule has 0 saturated heterocycles. The van der Waals surface area contributed by atoms with Crippen molar-refractivity contribution >= 4 is 32.1 Å². The van der Waals surface area contributed by atoms with Crippen molar-refractivity contribution in [3.05, 3.63) is 46.3 Å². The standard InChI is InChI=1S/C18H20S2/c1-11-10-19-17-12(2)16(20-15(11)17)13-8-6-7-9-14(13)18(3,4)5/h6-10H,1-5H3. The number of thiophene rings is 2. The highest BCUT2D eigenvalue weighted by molar-refractivity contribution is 7.29. The molecule has 0 aliphatic rings. The molecule has 0 aliphatic heterocycles. The summed E-state index contributed by atoms with van der Waals surface area (Å²) in [7, 11) is 0. The third-order valence-electron chi connectivity index (χ3n) is 3.78. The van der Waals surface area contributed by atoms with Crippen LogP contribution >= 0.6 is 22.7 Å². The van der Waals surface area contributed by atoms with Gasteiger partial charge in [0.1, 0.15) is 0 Å². The Balaban J connectivity index is 2.29. The van der Waals surface area contributed by atoms with Crippen molar-refractivity contribution < 1.29 is 0 Å². The summed E-state index contributed by atoms with van der Waals surface area (Å²) in [5, 5.41) is 2.27. The van der Waals surface area contributed by atoms with Crippen molar-refractivity contribution in [2.24, 2.45) is 0 Å². The van der Waals surface area contributed by atoms with Crippen LogP contribution in [0.4, 0.5) is 0 Å². The molecule has 0 amide bonds. The molecule has 3 rings (SSSR count). The van der Waals surface area contributed by atoms with E-state index >= 15 is 0 Å². The van der Waals surface area contributed by atoms with Gasteiger partial charge in [-0.1, -0.05) is 45.0 Å². The smallest absolute Gasteiger partial charge is 0.0489 e. The Kier molecular flexibility index (Phi) is 3.26. The highest BCUT2D eigenvalue weighted by atomic mass is 32.1. The molecule has 0 radical (unpaired) electrons. The molecular weight excluding hydrogens is 280 g/mol. The lowest BCUT2D eigenvalue weighted by Gasteiger charge is -2.22. The Bertz CT molecular complexity index is 766. The number of fused-ring (bicyclic) bond motifs is 1. The highest BCUT2D eigenvalue weighted by Crippen LogP contribution is 2.45. The van der Waals surface area contributed by atoms with E-state index in [1.165, 1.54) is 36.5 Å². The molecule has 104 valence electrons. The number of rotatable bonds is 1. The van der Waals surface area contributed by atoms with Crippen LogP contribution in [0.5, 0.6) is 0 Å². The summed E-state index contributed by atoms with van der Waals surface area (Å²) in [4.78, 5) is 1.44. The van der Waals surface area contributed by atoms with E-state index in [1.54, 1.807) is 0 Å². The minimum Gasteiger partial charge on any atom is -0.142 e. The van der Waals surface area contributed by atoms with E-state index in [0.29, 0.717) is 0 Å². The second kappa shape index (κ2) is 4.71. The minimum absolute atomic E-state index is 0.176. The van der Waals surface area contributed by atoms with Gasteiger partial charge in [0.25, 0.3) is 0 Å². The molecule has 0 unspecified atom stereocenters. The molecule has 0 bridgehead atoms. The predicted octanol–water partition coefficient (Wildman–Crippen LogP) is 6.54. The van der Waals surface area contributed by atoms with Gasteiger partial charge in [-0.25, -0.2) is 0 Å². The maximum atomic E-state index is 2.29. The van der Waals surface area contributed by atoms with Crippen LogP contribution in [0.25, 0.3) is 19.8 Å². The average molecular weight is 300 g/mol. The Labute approximate surface area is 129 Å². The zero-order valence-electron chi connectivity index (χ0n) is 12.7. The van der Waals surface area contributed by atoms with E-state index in [1.807, 2.05) is 22.7 Å². The Morgan fingerprint density at radius 1 is 0.950 bits per heavy atom. The van der Waals surface area contributed by atoms with Crippen molar-refractivity contribution in [2.75, 3.05) is 0 Å². The van der Waals surface area contributed by atoms with Gasteiger partial charge in [-0.05, 0) is 46.9 Å². The average Bonchev–Trinajstić information content (AvgIpc) is 2.91. The summed E-state index contributed by atoms with van der Waals surface area (Å²) < 4.78 is 2.93. The topological polar surface area (TPSA) is 0 Å². The number of benzene rings is 1. The fourth-order valence-electron chi connectivity index (χ4n) is 2.69. The van der Waals surface area contributed by atoms with Gasteiger partial charge in [0, 0.05) is 14.3 Å². The first-order chi connectivity index (χ1) is 9.39. The zero-order valence-corrected chi connectivity index (χ0v) is 14.3. The van der Waals surface area contributed by atoms with Crippen LogP contribution in [0.3, 0.4) is 0 Å². The molecule has 2 heterocycles. The molecule has 2 heteroatoms. The van der Waals surface area contributed by atoms with Crippen molar-refractivity contribution in [3.63, 3.8) is 0 Å². The van der Waals surface area contributed by atoms with E-state index in [9.17, 15) is 0 Å². The number of hydrogen-bond acceptors (Lipinski definition) is 2. The summed E-state index contributed by atoms with van der Waals surface area (Å²) in [6.07, 6.45) is 0. The van der Waals surface area contributed by atoms with Gasteiger partial charge in [-0.15, -0.1) is 22.7 Å². The summed E-state index contributed by atoms with van der Waals surface area (Å²) in [5.41, 5.74) is 5.88. The monoisotopic (exact) mass is 300 g/mol. The van der Waals surface area contributed by atoms with Crippen LogP contribution in [0.15, 0.2) is 29.6 Å². The minimum atomic E-state index is 0.176. The van der Waals surface area contributed by atoms with E-state index in [-0.39, 0.29) is 5.41 Å². The van der Waals surface area contributed by atoms with Crippen LogP contribution in [-0.2, 0) is 5.41 Å². The van der Waals surface area contributed by atoms with E-state index in [2.05, 4.69) is 64.3 Å². The normalized spacial score (nSPS) is 12.2. The first-order valence-corrected chi connectivity index (χ1v) is 8.66. The van der Waals surface area contributed by atoms with Crippen molar-refractivity contribution in [1.29, 1.82) is 0 Å². The van der Waals surface area contributed by atoms with Crippen LogP contribution < -0.4 is 0 Å². The third kappa shape index (κ3) is 2.11. The summed E-state index contributed by atoms with van der Waals surface area (Å²) >= 11 is 3.83. The summed E-state index contributed by atoms with van der Waals surface area (Å²) in [5.74, 6) is 0. The molecule has 0 fully saturated rings. The Morgan fingerprint density at radius 3 is 2.30 bits per heavy atom. The molecular formula is C18H20S2. The SMILES string of the molecule is Cc1csc2c(C)c(-c3ccccc3C(C)(C)C)sc12. The van der Waals surface area contributed by atoms with Gasteiger partial charge >= 0.3 is 0 Å². The fraction of sp³-hybridized carbons (Fsp3) is 0.333. The first kappa shape index (κ1) is 13.8. The second-order valence-corrected chi connectivity index (χ2v) is 8.33. The largest absolute Gasteiger partial charge is 0.142 e. The summed E-state index contributed by atoms with van der Waals surface area (Å²) in [6.45, 7) is 11.4. The lowest BCUT2D eigenvalue weighted by atomic mass is 9.83. The Morgan fingerprint density at radius 2 is 1.65 bits per heavy atom. The number of aryl methyl sites for hydroxylation is 2. The fourth-order valence-corrected chi connectivity index (χ4v) is 5.27. The van der Waals surface area contributed by atoms with Crippen LogP contribution in [0.1, 0.15) is 37.5 Å². The van der Waals surface area contributed by atoms with Gasteiger partial charge in [0.05, 0.1) is 0 Å². The van der Waals surface area contributed by atoms with E-state index < -0.39 is 0 Å². The highest BCUT2D eigenvalue weighted by Gasteiger charge is 2.21. The predicted molar refractivity (Wildman–Crippen MR) is 93.3 cm³/mol. The maximum Gasteiger partial charge on any atom is 0.0489 e. The molecule has 0 atom stereocenters. The lowest BCUT2D eigenvalue weighted by Crippen LogP contribution is -2.12. The molecule has 0 N–H and O–H groups in total. The zero-order chi connectivity index (χ0) is 14.5. The van der Waals surface area contributed by atoms with Crippen LogP contribution in [-0.4, -0.2) is 0 Å². The van der Waals surface area contributed by atoms with Crippen LogP contribution in [0, 0.1) is 13.8 Å². The van der Waals surface area contributed by atoms with E-state index in [4.69, 9.17) is 0 Å². The lowest BCUT2D eigenvalue weighted by molar-refractivity contribution is 0.592. The quantitative estimate of drug-likeness (QED) is 0.478. The molecule has 3 aromatic rings. The molecule has 0 spiro atoms.